The van der Waals surface area contributed by atoms with Gasteiger partial charge in [0.1, 0.15) is 0 Å². The van der Waals surface area contributed by atoms with Crippen LogP contribution < -0.4 is 0 Å². The van der Waals surface area contributed by atoms with Crippen molar-refractivity contribution in [2.24, 2.45) is 0 Å². The highest BCUT2D eigenvalue weighted by atomic mass is 32.2. The van der Waals surface area contributed by atoms with Crippen LogP contribution in [0.3, 0.4) is 0 Å². The van der Waals surface area contributed by atoms with Crippen molar-refractivity contribution in [3.05, 3.63) is 48.0 Å². The maximum atomic E-state index is 12.9. The van der Waals surface area contributed by atoms with E-state index in [0.29, 0.717) is 12.1 Å². The lowest BCUT2D eigenvalue weighted by atomic mass is 10.0. The van der Waals surface area contributed by atoms with Gasteiger partial charge in [0, 0.05) is 23.9 Å². The van der Waals surface area contributed by atoms with E-state index in [1.165, 1.54) is 0 Å². The van der Waals surface area contributed by atoms with Gasteiger partial charge in [-0.25, -0.2) is 8.42 Å². The van der Waals surface area contributed by atoms with Crippen LogP contribution in [0.2, 0.25) is 0 Å². The van der Waals surface area contributed by atoms with E-state index in [0.717, 1.165) is 10.8 Å². The molecule has 2 aromatic carbocycles. The van der Waals surface area contributed by atoms with Gasteiger partial charge in [0.15, 0.2) is 9.84 Å². The summed E-state index contributed by atoms with van der Waals surface area (Å²) in [5.41, 5.74) is 0.616. The van der Waals surface area contributed by atoms with E-state index in [1.807, 2.05) is 43.3 Å². The van der Waals surface area contributed by atoms with Crippen molar-refractivity contribution >= 4 is 26.5 Å². The van der Waals surface area contributed by atoms with Gasteiger partial charge in [0.05, 0.1) is 5.75 Å². The standard InChI is InChI=1S/C18H23NO3S/c1-4-19(14(3)13-23(21,22)5-2)18(20)17-12-8-10-15-9-6-7-11-16(15)17/h6-12,14H,4-5,13H2,1-3H3/t14-/m0/s1. The molecule has 0 aliphatic rings. The Morgan fingerprint density at radius 2 is 1.74 bits per heavy atom. The van der Waals surface area contributed by atoms with Crippen LogP contribution in [-0.2, 0) is 9.84 Å². The van der Waals surface area contributed by atoms with Crippen LogP contribution in [0.4, 0.5) is 0 Å². The van der Waals surface area contributed by atoms with Gasteiger partial charge < -0.3 is 4.90 Å². The molecule has 0 saturated carbocycles. The second kappa shape index (κ2) is 7.13. The van der Waals surface area contributed by atoms with Gasteiger partial charge in [0.25, 0.3) is 5.91 Å². The van der Waals surface area contributed by atoms with Crippen LogP contribution >= 0.6 is 0 Å². The van der Waals surface area contributed by atoms with Gasteiger partial charge in [0.2, 0.25) is 0 Å². The molecule has 0 aromatic heterocycles. The summed E-state index contributed by atoms with van der Waals surface area (Å²) < 4.78 is 23.7. The van der Waals surface area contributed by atoms with Crippen molar-refractivity contribution in [3.63, 3.8) is 0 Å². The summed E-state index contributed by atoms with van der Waals surface area (Å²) in [6, 6.07) is 13.0. The van der Waals surface area contributed by atoms with E-state index < -0.39 is 9.84 Å². The number of amides is 1. The summed E-state index contributed by atoms with van der Waals surface area (Å²) in [5, 5.41) is 1.90. The van der Waals surface area contributed by atoms with Crippen LogP contribution in [0.1, 0.15) is 31.1 Å². The highest BCUT2D eigenvalue weighted by molar-refractivity contribution is 7.91. The minimum atomic E-state index is -3.13. The second-order valence-corrected chi connectivity index (χ2v) is 8.06. The number of sulfone groups is 1. The molecule has 4 nitrogen and oxygen atoms in total. The van der Waals surface area contributed by atoms with Gasteiger partial charge in [-0.3, -0.25) is 4.79 Å². The molecule has 1 amide bonds. The molecule has 0 aliphatic heterocycles. The first-order chi connectivity index (χ1) is 10.9. The van der Waals surface area contributed by atoms with Crippen LogP contribution in [0, 0.1) is 0 Å². The summed E-state index contributed by atoms with van der Waals surface area (Å²) in [6.45, 7) is 5.77. The molecule has 0 heterocycles. The molecule has 2 rings (SSSR count). The van der Waals surface area contributed by atoms with Crippen molar-refractivity contribution in [1.82, 2.24) is 4.90 Å². The number of benzene rings is 2. The predicted octanol–water partition coefficient (Wildman–Crippen LogP) is 3.13. The fourth-order valence-corrected chi connectivity index (χ4v) is 3.95. The molecule has 124 valence electrons. The lowest BCUT2D eigenvalue weighted by molar-refractivity contribution is 0.0721. The molecule has 0 N–H and O–H groups in total. The van der Waals surface area contributed by atoms with Gasteiger partial charge in [-0.05, 0) is 30.7 Å². The third kappa shape index (κ3) is 3.91. The lowest BCUT2D eigenvalue weighted by Crippen LogP contribution is -2.42. The molecule has 0 saturated heterocycles. The van der Waals surface area contributed by atoms with Crippen LogP contribution in [0.5, 0.6) is 0 Å². The van der Waals surface area contributed by atoms with E-state index in [-0.39, 0.29) is 23.5 Å². The molecule has 0 bridgehead atoms. The zero-order chi connectivity index (χ0) is 17.0. The molecule has 0 spiro atoms. The van der Waals surface area contributed by atoms with Crippen LogP contribution in [0.25, 0.3) is 10.8 Å². The summed E-state index contributed by atoms with van der Waals surface area (Å²) in [7, 11) is -3.13. The maximum absolute atomic E-state index is 12.9. The SMILES string of the molecule is CCN(C(=O)c1cccc2ccccc12)[C@@H](C)CS(=O)(=O)CC. The Morgan fingerprint density at radius 1 is 1.09 bits per heavy atom. The number of carbonyl (C=O) groups excluding carboxylic acids is 1. The highest BCUT2D eigenvalue weighted by Gasteiger charge is 2.25. The molecule has 0 fully saturated rings. The van der Waals surface area contributed by atoms with E-state index in [1.54, 1.807) is 24.8 Å². The number of carbonyl (C=O) groups is 1. The number of rotatable bonds is 6. The smallest absolute Gasteiger partial charge is 0.254 e. The largest absolute Gasteiger partial charge is 0.335 e. The van der Waals surface area contributed by atoms with E-state index in [9.17, 15) is 13.2 Å². The predicted molar refractivity (Wildman–Crippen MR) is 94.4 cm³/mol. The van der Waals surface area contributed by atoms with Crippen molar-refractivity contribution in [2.75, 3.05) is 18.1 Å². The Kier molecular flexibility index (Phi) is 5.42. The topological polar surface area (TPSA) is 54.5 Å². The Labute approximate surface area is 138 Å². The van der Waals surface area contributed by atoms with Gasteiger partial charge in [-0.15, -0.1) is 0 Å². The molecule has 0 aliphatic carbocycles. The van der Waals surface area contributed by atoms with Crippen LogP contribution in [0.15, 0.2) is 42.5 Å². The highest BCUT2D eigenvalue weighted by Crippen LogP contribution is 2.21. The Balaban J connectivity index is 2.36. The molecule has 5 heteroatoms. The zero-order valence-corrected chi connectivity index (χ0v) is 14.6. The summed E-state index contributed by atoms with van der Waals surface area (Å²) in [4.78, 5) is 14.6. The zero-order valence-electron chi connectivity index (χ0n) is 13.8. The first kappa shape index (κ1) is 17.5. The normalized spacial score (nSPS) is 13.0. The summed E-state index contributed by atoms with van der Waals surface area (Å²) in [6.07, 6.45) is 0. The third-order valence-corrected chi connectivity index (χ3v) is 5.96. The molecule has 23 heavy (non-hydrogen) atoms. The number of hydrogen-bond acceptors (Lipinski definition) is 3. The van der Waals surface area contributed by atoms with Crippen molar-refractivity contribution in [3.8, 4) is 0 Å². The Morgan fingerprint density at radius 3 is 2.39 bits per heavy atom. The number of hydrogen-bond donors (Lipinski definition) is 0. The number of nitrogens with zero attached hydrogens (tertiary/aromatic N) is 1. The van der Waals surface area contributed by atoms with Crippen molar-refractivity contribution in [1.29, 1.82) is 0 Å². The molecular formula is C18H23NO3S. The van der Waals surface area contributed by atoms with Gasteiger partial charge >= 0.3 is 0 Å². The molecule has 1 atom stereocenters. The average molecular weight is 333 g/mol. The van der Waals surface area contributed by atoms with Gasteiger partial charge in [-0.1, -0.05) is 43.3 Å². The Hall–Kier alpha value is -1.88. The van der Waals surface area contributed by atoms with Crippen molar-refractivity contribution in [2.45, 2.75) is 26.8 Å². The Bertz CT molecular complexity index is 794. The van der Waals surface area contributed by atoms with E-state index in [2.05, 4.69) is 0 Å². The molecule has 0 unspecified atom stereocenters. The molecule has 0 radical (unpaired) electrons. The first-order valence-corrected chi connectivity index (χ1v) is 9.71. The average Bonchev–Trinajstić information content (AvgIpc) is 2.54. The fourth-order valence-electron chi connectivity index (χ4n) is 2.80. The second-order valence-electron chi connectivity index (χ2n) is 5.67. The first-order valence-electron chi connectivity index (χ1n) is 7.88. The monoisotopic (exact) mass is 333 g/mol. The quantitative estimate of drug-likeness (QED) is 0.816. The van der Waals surface area contributed by atoms with Crippen molar-refractivity contribution < 1.29 is 13.2 Å². The number of fused-ring (bicyclic) bond motifs is 1. The lowest BCUT2D eigenvalue weighted by Gasteiger charge is -2.28. The minimum Gasteiger partial charge on any atom is -0.335 e. The van der Waals surface area contributed by atoms with Gasteiger partial charge in [-0.2, -0.15) is 0 Å². The summed E-state index contributed by atoms with van der Waals surface area (Å²) >= 11 is 0. The maximum Gasteiger partial charge on any atom is 0.254 e. The minimum absolute atomic E-state index is 0.00611. The van der Waals surface area contributed by atoms with Crippen LogP contribution in [-0.4, -0.2) is 43.3 Å². The van der Waals surface area contributed by atoms with E-state index in [4.69, 9.17) is 0 Å². The molecule has 2 aromatic rings. The summed E-state index contributed by atoms with van der Waals surface area (Å²) in [5.74, 6) is -0.0336. The molecular weight excluding hydrogens is 310 g/mol. The third-order valence-electron chi connectivity index (χ3n) is 4.09. The van der Waals surface area contributed by atoms with E-state index >= 15 is 0 Å². The fraction of sp³-hybridized carbons (Fsp3) is 0.389.